The van der Waals surface area contributed by atoms with E-state index in [9.17, 15) is 5.11 Å². The predicted octanol–water partition coefficient (Wildman–Crippen LogP) is 8.10. The molecule has 0 bridgehead atoms. The molecule has 5 rings (SSSR count). The number of hydrogen-bond donors (Lipinski definition) is 1. The third-order valence-corrected chi connectivity index (χ3v) is 13.7. The Morgan fingerprint density at radius 1 is 0.677 bits per heavy atom. The highest BCUT2D eigenvalue weighted by Gasteiger charge is 2.70. The molecule has 31 heavy (non-hydrogen) atoms. The Bertz CT molecular complexity index is 724. The molecule has 5 aliphatic rings. The average molecular weight is 429 g/mol. The zero-order valence-corrected chi connectivity index (χ0v) is 22.1. The first-order chi connectivity index (χ1) is 14.3. The van der Waals surface area contributed by atoms with Gasteiger partial charge in [-0.3, -0.25) is 0 Å². The molecule has 0 radical (unpaired) electrons. The van der Waals surface area contributed by atoms with Gasteiger partial charge in [-0.25, -0.2) is 0 Å². The summed E-state index contributed by atoms with van der Waals surface area (Å²) in [5.41, 5.74) is 2.08. The molecule has 0 aromatic rings. The molecule has 0 aromatic heterocycles. The molecule has 1 N–H and O–H groups in total. The van der Waals surface area contributed by atoms with Crippen LogP contribution in [0.25, 0.3) is 0 Å². The van der Waals surface area contributed by atoms with Crippen molar-refractivity contribution < 1.29 is 5.11 Å². The molecule has 5 saturated carbocycles. The quantitative estimate of drug-likeness (QED) is 0.447. The van der Waals surface area contributed by atoms with Gasteiger partial charge in [-0.15, -0.1) is 0 Å². The van der Waals surface area contributed by atoms with E-state index in [1.165, 1.54) is 57.8 Å². The van der Waals surface area contributed by atoms with Crippen LogP contribution in [0.5, 0.6) is 0 Å². The summed E-state index contributed by atoms with van der Waals surface area (Å²) in [5, 5.41) is 10.9. The van der Waals surface area contributed by atoms with E-state index < -0.39 is 0 Å². The highest BCUT2D eigenvalue weighted by molar-refractivity contribution is 5.19. The largest absolute Gasteiger partial charge is 0.393 e. The Kier molecular flexibility index (Phi) is 4.96. The Labute approximate surface area is 193 Å². The third kappa shape index (κ3) is 2.71. The van der Waals surface area contributed by atoms with Gasteiger partial charge in [-0.2, -0.15) is 0 Å². The third-order valence-electron chi connectivity index (χ3n) is 13.7. The summed E-state index contributed by atoms with van der Waals surface area (Å²) in [6.07, 6.45) is 13.7. The van der Waals surface area contributed by atoms with Gasteiger partial charge in [0.15, 0.2) is 0 Å². The first kappa shape index (κ1) is 22.7. The Morgan fingerprint density at radius 2 is 1.39 bits per heavy atom. The lowest BCUT2D eigenvalue weighted by molar-refractivity contribution is -0.248. The van der Waals surface area contributed by atoms with Crippen molar-refractivity contribution in [2.75, 3.05) is 0 Å². The molecule has 10 atom stereocenters. The summed E-state index contributed by atoms with van der Waals surface area (Å²) >= 11 is 0. The van der Waals surface area contributed by atoms with Crippen LogP contribution in [0, 0.1) is 62.6 Å². The van der Waals surface area contributed by atoms with Crippen molar-refractivity contribution >= 4 is 0 Å². The lowest BCUT2D eigenvalue weighted by atomic mass is 9.32. The SMILES string of the molecule is CC(C)[C@@H]1CC[C@]2(C)CC[C@]3(C)[C@@H](CC[C@@H]4[C@@]5(C)CC[C@@H](O)C(C)(C)[C@@H]5CC[C@]43C)[C@H]12. The zero-order valence-electron chi connectivity index (χ0n) is 22.1. The van der Waals surface area contributed by atoms with E-state index in [0.717, 1.165) is 36.0 Å². The molecule has 178 valence electrons. The van der Waals surface area contributed by atoms with E-state index in [2.05, 4.69) is 55.4 Å². The second-order valence-electron chi connectivity index (χ2n) is 15.2. The van der Waals surface area contributed by atoms with E-state index in [0.29, 0.717) is 27.6 Å². The molecule has 5 fully saturated rings. The first-order valence-electron chi connectivity index (χ1n) is 14.0. The lowest BCUT2D eigenvalue weighted by Gasteiger charge is -2.73. The average Bonchev–Trinajstić information content (AvgIpc) is 3.04. The van der Waals surface area contributed by atoms with Gasteiger partial charge in [0.05, 0.1) is 6.10 Å². The maximum atomic E-state index is 10.9. The number of fused-ring (bicyclic) bond motifs is 7. The Balaban J connectivity index is 1.54. The van der Waals surface area contributed by atoms with E-state index >= 15 is 0 Å². The normalized spacial score (nSPS) is 58.3. The minimum Gasteiger partial charge on any atom is -0.393 e. The van der Waals surface area contributed by atoms with Crippen molar-refractivity contribution in [3.05, 3.63) is 0 Å². The molecular formula is C30H52O. The molecule has 0 aromatic carbocycles. The predicted molar refractivity (Wildman–Crippen MR) is 131 cm³/mol. The van der Waals surface area contributed by atoms with Gasteiger partial charge in [0.2, 0.25) is 0 Å². The fourth-order valence-corrected chi connectivity index (χ4v) is 11.7. The van der Waals surface area contributed by atoms with E-state index in [-0.39, 0.29) is 11.5 Å². The van der Waals surface area contributed by atoms with Gasteiger partial charge < -0.3 is 5.11 Å². The van der Waals surface area contributed by atoms with Gasteiger partial charge in [-0.1, -0.05) is 55.4 Å². The van der Waals surface area contributed by atoms with Crippen LogP contribution >= 0.6 is 0 Å². The maximum Gasteiger partial charge on any atom is 0.0594 e. The number of aliphatic hydroxyl groups excluding tert-OH is 1. The van der Waals surface area contributed by atoms with Crippen molar-refractivity contribution in [1.29, 1.82) is 0 Å². The van der Waals surface area contributed by atoms with E-state index in [4.69, 9.17) is 0 Å². The zero-order chi connectivity index (χ0) is 22.6. The van der Waals surface area contributed by atoms with Crippen molar-refractivity contribution in [3.8, 4) is 0 Å². The lowest BCUT2D eigenvalue weighted by Crippen LogP contribution is -2.66. The van der Waals surface area contributed by atoms with Crippen molar-refractivity contribution in [2.45, 2.75) is 126 Å². The summed E-state index contributed by atoms with van der Waals surface area (Å²) in [5.74, 6) is 5.21. The monoisotopic (exact) mass is 428 g/mol. The smallest absolute Gasteiger partial charge is 0.0594 e. The molecule has 0 heterocycles. The van der Waals surface area contributed by atoms with E-state index in [1.807, 2.05) is 0 Å². The van der Waals surface area contributed by atoms with Crippen LogP contribution in [0.2, 0.25) is 0 Å². The maximum absolute atomic E-state index is 10.9. The standard InChI is InChI=1S/C30H52O/c1-19(2)20-11-14-27(5)17-18-29(7)21(25(20)27)9-10-23-28(6)15-13-24(31)26(3,4)22(28)12-16-30(23,29)8/h19-25,31H,9-18H2,1-8H3/t20-,21-,22-,23+,24+,25-,27+,28-,29+,30+/m0/s1. The van der Waals surface area contributed by atoms with Crippen LogP contribution in [0.15, 0.2) is 0 Å². The van der Waals surface area contributed by atoms with Crippen LogP contribution in [-0.2, 0) is 0 Å². The van der Waals surface area contributed by atoms with E-state index in [1.54, 1.807) is 0 Å². The van der Waals surface area contributed by atoms with Gasteiger partial charge >= 0.3 is 0 Å². The molecule has 5 aliphatic carbocycles. The van der Waals surface area contributed by atoms with Gasteiger partial charge in [0.1, 0.15) is 0 Å². The van der Waals surface area contributed by atoms with Crippen LogP contribution in [0.3, 0.4) is 0 Å². The fourth-order valence-electron chi connectivity index (χ4n) is 11.7. The Hall–Kier alpha value is -0.0400. The van der Waals surface area contributed by atoms with Crippen molar-refractivity contribution in [2.24, 2.45) is 62.6 Å². The molecular weight excluding hydrogens is 376 g/mol. The fraction of sp³-hybridized carbons (Fsp3) is 1.00. The van der Waals surface area contributed by atoms with Crippen molar-refractivity contribution in [1.82, 2.24) is 0 Å². The first-order valence-corrected chi connectivity index (χ1v) is 14.0. The molecule has 0 saturated heterocycles. The van der Waals surface area contributed by atoms with Gasteiger partial charge in [0.25, 0.3) is 0 Å². The molecule has 0 aliphatic heterocycles. The Morgan fingerprint density at radius 3 is 2.06 bits per heavy atom. The number of rotatable bonds is 1. The minimum atomic E-state index is -0.109. The highest BCUT2D eigenvalue weighted by atomic mass is 16.3. The van der Waals surface area contributed by atoms with Crippen LogP contribution < -0.4 is 0 Å². The van der Waals surface area contributed by atoms with Gasteiger partial charge in [0, 0.05) is 0 Å². The van der Waals surface area contributed by atoms with Gasteiger partial charge in [-0.05, 0) is 127 Å². The summed E-state index contributed by atoms with van der Waals surface area (Å²) in [7, 11) is 0. The topological polar surface area (TPSA) is 20.2 Å². The molecule has 1 heteroatoms. The summed E-state index contributed by atoms with van der Waals surface area (Å²) < 4.78 is 0. The second kappa shape index (κ2) is 6.76. The summed E-state index contributed by atoms with van der Waals surface area (Å²) in [6, 6.07) is 0. The van der Waals surface area contributed by atoms with Crippen LogP contribution in [0.4, 0.5) is 0 Å². The summed E-state index contributed by atoms with van der Waals surface area (Å²) in [6.45, 7) is 20.7. The van der Waals surface area contributed by atoms with Crippen LogP contribution in [-0.4, -0.2) is 11.2 Å². The number of hydrogen-bond acceptors (Lipinski definition) is 1. The highest BCUT2D eigenvalue weighted by Crippen LogP contribution is 2.77. The summed E-state index contributed by atoms with van der Waals surface area (Å²) in [4.78, 5) is 0. The van der Waals surface area contributed by atoms with Crippen molar-refractivity contribution in [3.63, 3.8) is 0 Å². The van der Waals surface area contributed by atoms with Crippen LogP contribution in [0.1, 0.15) is 120 Å². The minimum absolute atomic E-state index is 0.0748. The molecule has 1 nitrogen and oxygen atoms in total. The molecule has 0 unspecified atom stereocenters. The number of aliphatic hydroxyl groups is 1. The molecule has 0 amide bonds. The molecule has 0 spiro atoms. The second-order valence-corrected chi connectivity index (χ2v) is 15.2.